The van der Waals surface area contributed by atoms with E-state index in [0.29, 0.717) is 11.5 Å². The van der Waals surface area contributed by atoms with E-state index in [9.17, 15) is 4.79 Å². The molecule has 1 rings (SSSR count). The third kappa shape index (κ3) is 2.13. The van der Waals surface area contributed by atoms with Crippen molar-refractivity contribution in [3.05, 3.63) is 29.8 Å². The Hall–Kier alpha value is -1.77. The second-order valence-electron chi connectivity index (χ2n) is 2.53. The first-order valence-electron chi connectivity index (χ1n) is 4.08. The summed E-state index contributed by atoms with van der Waals surface area (Å²) in [7, 11) is 3.13. The summed E-state index contributed by atoms with van der Waals surface area (Å²) >= 11 is 0. The van der Waals surface area contributed by atoms with E-state index in [1.807, 2.05) is 6.07 Å². The normalized spacial score (nSPS) is 10.1. The van der Waals surface area contributed by atoms with Gasteiger partial charge >= 0.3 is 0 Å². The van der Waals surface area contributed by atoms with Gasteiger partial charge < -0.3 is 9.47 Å². The van der Waals surface area contributed by atoms with Crippen LogP contribution < -0.4 is 9.47 Å². The predicted molar refractivity (Wildman–Crippen MR) is 54.3 cm³/mol. The van der Waals surface area contributed by atoms with Gasteiger partial charge in [-0.25, -0.2) is 0 Å². The molecular formula is C11H11O3. The van der Waals surface area contributed by atoms with Crippen LogP contribution in [0.15, 0.2) is 24.3 Å². The fourth-order valence-electron chi connectivity index (χ4n) is 1.16. The average Bonchev–Trinajstić information content (AvgIpc) is 2.25. The van der Waals surface area contributed by atoms with Gasteiger partial charge in [-0.05, 0) is 24.3 Å². The van der Waals surface area contributed by atoms with Crippen molar-refractivity contribution < 1.29 is 14.3 Å². The zero-order valence-corrected chi connectivity index (χ0v) is 8.11. The van der Waals surface area contributed by atoms with E-state index in [4.69, 9.17) is 9.47 Å². The van der Waals surface area contributed by atoms with E-state index >= 15 is 0 Å². The number of rotatable bonds is 4. The van der Waals surface area contributed by atoms with E-state index in [1.54, 1.807) is 38.7 Å². The summed E-state index contributed by atoms with van der Waals surface area (Å²) in [4.78, 5) is 10.1. The van der Waals surface area contributed by atoms with E-state index in [0.717, 1.165) is 5.56 Å². The van der Waals surface area contributed by atoms with Crippen molar-refractivity contribution in [2.75, 3.05) is 14.2 Å². The highest BCUT2D eigenvalue weighted by atomic mass is 16.5. The molecule has 0 unspecified atom stereocenters. The van der Waals surface area contributed by atoms with Crippen LogP contribution in [0.3, 0.4) is 0 Å². The number of benzene rings is 1. The second kappa shape index (κ2) is 5.07. The molecule has 1 radical (unpaired) electrons. The van der Waals surface area contributed by atoms with Gasteiger partial charge in [-0.3, -0.25) is 4.79 Å². The first kappa shape index (κ1) is 10.3. The Morgan fingerprint density at radius 1 is 1.21 bits per heavy atom. The summed E-state index contributed by atoms with van der Waals surface area (Å²) in [6.45, 7) is 0. The van der Waals surface area contributed by atoms with Crippen LogP contribution in [-0.4, -0.2) is 20.5 Å². The van der Waals surface area contributed by atoms with Crippen LogP contribution in [0, 0.1) is 0 Å². The molecule has 0 atom stereocenters. The molecular weight excluding hydrogens is 180 g/mol. The number of methoxy groups -OCH3 is 2. The lowest BCUT2D eigenvalue weighted by Crippen LogP contribution is -1.91. The van der Waals surface area contributed by atoms with Crippen LogP contribution in [0.4, 0.5) is 0 Å². The minimum absolute atomic E-state index is 0.663. The number of hydrogen-bond acceptors (Lipinski definition) is 3. The highest BCUT2D eigenvalue weighted by Gasteiger charge is 2.05. The minimum Gasteiger partial charge on any atom is -0.496 e. The van der Waals surface area contributed by atoms with Gasteiger partial charge in [0.05, 0.1) is 19.8 Å². The number of carbonyl (C=O) groups excluding carboxylic acids is 1. The molecule has 0 saturated heterocycles. The molecule has 0 aromatic heterocycles. The zero-order chi connectivity index (χ0) is 10.4. The SMILES string of the molecule is COc1cccc(OC)c1C=C[C]=O. The molecule has 0 bridgehead atoms. The Kier molecular flexibility index (Phi) is 3.73. The Morgan fingerprint density at radius 3 is 2.21 bits per heavy atom. The fourth-order valence-corrected chi connectivity index (χ4v) is 1.16. The molecule has 0 fully saturated rings. The molecule has 73 valence electrons. The summed E-state index contributed by atoms with van der Waals surface area (Å²) < 4.78 is 10.2. The summed E-state index contributed by atoms with van der Waals surface area (Å²) in [6.07, 6.45) is 4.56. The van der Waals surface area contributed by atoms with Gasteiger partial charge in [0.25, 0.3) is 0 Å². The van der Waals surface area contributed by atoms with E-state index < -0.39 is 0 Å². The molecule has 0 aliphatic carbocycles. The van der Waals surface area contributed by atoms with Crippen molar-refractivity contribution in [3.8, 4) is 11.5 Å². The molecule has 1 aromatic rings. The monoisotopic (exact) mass is 191 g/mol. The highest BCUT2D eigenvalue weighted by molar-refractivity contribution is 5.77. The third-order valence-corrected chi connectivity index (χ3v) is 1.78. The van der Waals surface area contributed by atoms with Crippen molar-refractivity contribution in [2.24, 2.45) is 0 Å². The quantitative estimate of drug-likeness (QED) is 0.681. The Labute approximate surface area is 83.0 Å². The lowest BCUT2D eigenvalue weighted by Gasteiger charge is -2.08. The Morgan fingerprint density at radius 2 is 1.79 bits per heavy atom. The molecule has 0 amide bonds. The summed E-state index contributed by atoms with van der Waals surface area (Å²) in [6, 6.07) is 5.42. The van der Waals surface area contributed by atoms with Crippen molar-refractivity contribution in [3.63, 3.8) is 0 Å². The number of hydrogen-bond donors (Lipinski definition) is 0. The van der Waals surface area contributed by atoms with E-state index in [-0.39, 0.29) is 0 Å². The van der Waals surface area contributed by atoms with Crippen LogP contribution in [0.1, 0.15) is 5.56 Å². The maximum absolute atomic E-state index is 10.1. The maximum Gasteiger partial charge on any atom is 0.225 e. The molecule has 0 N–H and O–H groups in total. The third-order valence-electron chi connectivity index (χ3n) is 1.78. The summed E-state index contributed by atoms with van der Waals surface area (Å²) in [5.74, 6) is 1.33. The highest BCUT2D eigenvalue weighted by Crippen LogP contribution is 2.29. The van der Waals surface area contributed by atoms with E-state index in [2.05, 4.69) is 0 Å². The largest absolute Gasteiger partial charge is 0.496 e. The van der Waals surface area contributed by atoms with Crippen LogP contribution in [-0.2, 0) is 4.79 Å². The van der Waals surface area contributed by atoms with Crippen molar-refractivity contribution >= 4 is 12.4 Å². The van der Waals surface area contributed by atoms with Crippen LogP contribution in [0.2, 0.25) is 0 Å². The molecule has 0 saturated carbocycles. The number of allylic oxidation sites excluding steroid dienone is 1. The van der Waals surface area contributed by atoms with Gasteiger partial charge in [0.15, 0.2) is 0 Å². The lowest BCUT2D eigenvalue weighted by atomic mass is 10.1. The lowest BCUT2D eigenvalue weighted by molar-refractivity contribution is 0.392. The zero-order valence-electron chi connectivity index (χ0n) is 8.11. The Bertz CT molecular complexity index is 320. The Balaban J connectivity index is 3.18. The van der Waals surface area contributed by atoms with Gasteiger partial charge in [0.2, 0.25) is 6.29 Å². The molecule has 0 spiro atoms. The summed E-state index contributed by atoms with van der Waals surface area (Å²) in [5, 5.41) is 0. The first-order chi connectivity index (χ1) is 6.83. The standard InChI is InChI=1S/C11H11O3/c1-13-10-6-3-7-11(14-2)9(10)5-4-8-12/h3-7H,1-2H3. The van der Waals surface area contributed by atoms with Crippen LogP contribution in [0.25, 0.3) is 6.08 Å². The van der Waals surface area contributed by atoms with E-state index in [1.165, 1.54) is 6.08 Å². The molecule has 1 aromatic carbocycles. The number of ether oxygens (including phenoxy) is 2. The molecule has 14 heavy (non-hydrogen) atoms. The van der Waals surface area contributed by atoms with Gasteiger partial charge in [0.1, 0.15) is 11.5 Å². The molecule has 3 heteroatoms. The van der Waals surface area contributed by atoms with Crippen LogP contribution in [0.5, 0.6) is 11.5 Å². The van der Waals surface area contributed by atoms with Crippen LogP contribution >= 0.6 is 0 Å². The first-order valence-corrected chi connectivity index (χ1v) is 4.08. The molecule has 0 aliphatic rings. The van der Waals surface area contributed by atoms with Crippen molar-refractivity contribution in [2.45, 2.75) is 0 Å². The van der Waals surface area contributed by atoms with Crippen molar-refractivity contribution in [1.82, 2.24) is 0 Å². The minimum atomic E-state index is 0.663. The summed E-state index contributed by atoms with van der Waals surface area (Å²) in [5.41, 5.74) is 0.737. The second-order valence-corrected chi connectivity index (χ2v) is 2.53. The van der Waals surface area contributed by atoms with Gasteiger partial charge in [0, 0.05) is 0 Å². The maximum atomic E-state index is 10.1. The topological polar surface area (TPSA) is 35.5 Å². The van der Waals surface area contributed by atoms with Crippen molar-refractivity contribution in [1.29, 1.82) is 0 Å². The molecule has 3 nitrogen and oxygen atoms in total. The predicted octanol–water partition coefficient (Wildman–Crippen LogP) is 1.83. The molecule has 0 aliphatic heterocycles. The van der Waals surface area contributed by atoms with Gasteiger partial charge in [-0.15, -0.1) is 0 Å². The van der Waals surface area contributed by atoms with Gasteiger partial charge in [-0.1, -0.05) is 6.07 Å². The smallest absolute Gasteiger partial charge is 0.225 e. The van der Waals surface area contributed by atoms with Gasteiger partial charge in [-0.2, -0.15) is 0 Å². The average molecular weight is 191 g/mol. The molecule has 0 heterocycles. The fraction of sp³-hybridized carbons (Fsp3) is 0.182.